The molecular weight excluding hydrogens is 404 g/mol. The van der Waals surface area contributed by atoms with Gasteiger partial charge in [0.2, 0.25) is 10.0 Å². The fraction of sp³-hybridized carbons (Fsp3) is 0.238. The van der Waals surface area contributed by atoms with Crippen LogP contribution in [0, 0.1) is 0 Å². The Morgan fingerprint density at radius 1 is 1.07 bits per heavy atom. The molecule has 30 heavy (non-hydrogen) atoms. The molecule has 2 rings (SSSR count). The average molecular weight is 431 g/mol. The minimum Gasteiger partial charge on any atom is -0.334 e. The fourth-order valence-corrected chi connectivity index (χ4v) is 3.84. The number of anilines is 2. The summed E-state index contributed by atoms with van der Waals surface area (Å²) in [6, 6.07) is 11.9. The molecule has 0 saturated heterocycles. The van der Waals surface area contributed by atoms with Crippen molar-refractivity contribution in [1.29, 1.82) is 0 Å². The predicted octanol–water partition coefficient (Wildman–Crippen LogP) is 3.28. The number of hydrogen-bond donors (Lipinski definition) is 3. The zero-order valence-electron chi connectivity index (χ0n) is 17.2. The summed E-state index contributed by atoms with van der Waals surface area (Å²) in [5.41, 5.74) is 1.28. The fourth-order valence-electron chi connectivity index (χ4n) is 2.42. The molecule has 0 aliphatic carbocycles. The number of urea groups is 1. The third-order valence-corrected chi connectivity index (χ3v) is 6.34. The standard InChI is InChI=1S/C21H26N4O4S/c1-5-13-22-21(27)24-18-11-9-17(10-12-18)23-20(26)16-7-6-8-19(14-16)30(28,29)25(4)15(2)3/h5-12,14-15H,1,13H2,2-4H3,(H,23,26)(H2,22,24,27). The van der Waals surface area contributed by atoms with Crippen molar-refractivity contribution in [3.05, 3.63) is 66.7 Å². The first-order valence-corrected chi connectivity index (χ1v) is 10.7. The summed E-state index contributed by atoms with van der Waals surface area (Å²) in [6.45, 7) is 7.42. The minimum absolute atomic E-state index is 0.0523. The van der Waals surface area contributed by atoms with E-state index in [9.17, 15) is 18.0 Å². The number of hydrogen-bond acceptors (Lipinski definition) is 4. The molecule has 0 fully saturated rings. The highest BCUT2D eigenvalue weighted by atomic mass is 32.2. The molecule has 160 valence electrons. The van der Waals surface area contributed by atoms with Crippen LogP contribution in [0.15, 0.2) is 66.1 Å². The van der Waals surface area contributed by atoms with Gasteiger partial charge in [0.05, 0.1) is 4.90 Å². The Labute approximate surface area is 177 Å². The van der Waals surface area contributed by atoms with E-state index in [-0.39, 0.29) is 22.5 Å². The van der Waals surface area contributed by atoms with Gasteiger partial charge in [0.25, 0.3) is 5.91 Å². The summed E-state index contributed by atoms with van der Waals surface area (Å²) in [5.74, 6) is -0.441. The predicted molar refractivity (Wildman–Crippen MR) is 118 cm³/mol. The van der Waals surface area contributed by atoms with Crippen molar-refractivity contribution in [3.8, 4) is 0 Å². The second kappa shape index (κ2) is 10.0. The molecule has 8 nitrogen and oxygen atoms in total. The number of carbonyl (C=O) groups excluding carboxylic acids is 2. The van der Waals surface area contributed by atoms with Crippen LogP contribution in [-0.2, 0) is 10.0 Å². The maximum Gasteiger partial charge on any atom is 0.319 e. The van der Waals surface area contributed by atoms with E-state index >= 15 is 0 Å². The molecule has 9 heteroatoms. The van der Waals surface area contributed by atoms with Gasteiger partial charge >= 0.3 is 6.03 Å². The highest BCUT2D eigenvalue weighted by molar-refractivity contribution is 7.89. The van der Waals surface area contributed by atoms with E-state index in [2.05, 4.69) is 22.5 Å². The normalized spacial score (nSPS) is 11.2. The molecule has 0 atom stereocenters. The molecule has 2 aromatic rings. The number of rotatable bonds is 8. The Bertz CT molecular complexity index is 1020. The quantitative estimate of drug-likeness (QED) is 0.559. The molecule has 0 aliphatic rings. The van der Waals surface area contributed by atoms with Crippen LogP contribution in [0.5, 0.6) is 0 Å². The lowest BCUT2D eigenvalue weighted by Gasteiger charge is -2.21. The first kappa shape index (κ1) is 23.1. The maximum absolute atomic E-state index is 12.6. The van der Waals surface area contributed by atoms with Crippen LogP contribution in [0.4, 0.5) is 16.2 Å². The SMILES string of the molecule is C=CCNC(=O)Nc1ccc(NC(=O)c2cccc(S(=O)(=O)N(C)C(C)C)c2)cc1. The van der Waals surface area contributed by atoms with Crippen molar-refractivity contribution >= 4 is 33.3 Å². The number of carbonyl (C=O) groups is 2. The molecule has 3 amide bonds. The zero-order valence-corrected chi connectivity index (χ0v) is 18.0. The van der Waals surface area contributed by atoms with Crippen LogP contribution in [0.25, 0.3) is 0 Å². The second-order valence-electron chi connectivity index (χ2n) is 6.80. The third-order valence-electron chi connectivity index (χ3n) is 4.31. The molecule has 2 aromatic carbocycles. The van der Waals surface area contributed by atoms with Crippen molar-refractivity contribution in [2.45, 2.75) is 24.8 Å². The maximum atomic E-state index is 12.6. The van der Waals surface area contributed by atoms with E-state index in [0.29, 0.717) is 17.9 Å². The third kappa shape index (κ3) is 5.91. The first-order valence-electron chi connectivity index (χ1n) is 9.30. The Morgan fingerprint density at radius 3 is 2.23 bits per heavy atom. The van der Waals surface area contributed by atoms with Gasteiger partial charge in [-0.1, -0.05) is 12.1 Å². The Morgan fingerprint density at radius 2 is 1.67 bits per heavy atom. The second-order valence-corrected chi connectivity index (χ2v) is 8.80. The van der Waals surface area contributed by atoms with Crippen molar-refractivity contribution in [3.63, 3.8) is 0 Å². The molecule has 0 spiro atoms. The lowest BCUT2D eigenvalue weighted by molar-refractivity contribution is 0.102. The Kier molecular flexibility index (Phi) is 7.73. The van der Waals surface area contributed by atoms with Gasteiger partial charge in [0.1, 0.15) is 0 Å². The Hall–Kier alpha value is -3.17. The van der Waals surface area contributed by atoms with Crippen LogP contribution >= 0.6 is 0 Å². The smallest absolute Gasteiger partial charge is 0.319 e. The van der Waals surface area contributed by atoms with E-state index in [1.807, 2.05) is 0 Å². The highest BCUT2D eigenvalue weighted by Gasteiger charge is 2.23. The highest BCUT2D eigenvalue weighted by Crippen LogP contribution is 2.19. The average Bonchev–Trinajstić information content (AvgIpc) is 2.73. The van der Waals surface area contributed by atoms with Gasteiger partial charge in [-0.05, 0) is 56.3 Å². The topological polar surface area (TPSA) is 108 Å². The summed E-state index contributed by atoms with van der Waals surface area (Å²) in [7, 11) is -2.19. The van der Waals surface area contributed by atoms with E-state index < -0.39 is 15.9 Å². The van der Waals surface area contributed by atoms with Crippen LogP contribution in [0.2, 0.25) is 0 Å². The molecule has 0 aliphatic heterocycles. The number of nitrogens with one attached hydrogen (secondary N) is 3. The molecule has 0 heterocycles. The first-order chi connectivity index (χ1) is 14.1. The summed E-state index contributed by atoms with van der Waals surface area (Å²) in [5, 5.41) is 7.96. The largest absolute Gasteiger partial charge is 0.334 e. The summed E-state index contributed by atoms with van der Waals surface area (Å²) in [4.78, 5) is 24.3. The molecule has 3 N–H and O–H groups in total. The minimum atomic E-state index is -3.69. The van der Waals surface area contributed by atoms with Gasteiger partial charge in [0, 0.05) is 36.6 Å². The lowest BCUT2D eigenvalue weighted by atomic mass is 10.2. The molecule has 0 aromatic heterocycles. The van der Waals surface area contributed by atoms with E-state index in [1.54, 1.807) is 50.3 Å². The molecular formula is C21H26N4O4S. The van der Waals surface area contributed by atoms with Gasteiger partial charge in [-0.3, -0.25) is 4.79 Å². The van der Waals surface area contributed by atoms with Crippen molar-refractivity contribution < 1.29 is 18.0 Å². The van der Waals surface area contributed by atoms with E-state index in [4.69, 9.17) is 0 Å². The van der Waals surface area contributed by atoms with E-state index in [1.165, 1.54) is 29.6 Å². The molecule has 0 bridgehead atoms. The molecule has 0 radical (unpaired) electrons. The number of sulfonamides is 1. The number of benzene rings is 2. The Balaban J connectivity index is 2.10. The molecule has 0 unspecified atom stereocenters. The van der Waals surface area contributed by atoms with Crippen molar-refractivity contribution in [2.24, 2.45) is 0 Å². The van der Waals surface area contributed by atoms with Crippen molar-refractivity contribution in [1.82, 2.24) is 9.62 Å². The summed E-state index contributed by atoms with van der Waals surface area (Å²) in [6.07, 6.45) is 1.57. The van der Waals surface area contributed by atoms with Crippen LogP contribution in [0.3, 0.4) is 0 Å². The number of nitrogens with zero attached hydrogens (tertiary/aromatic N) is 1. The van der Waals surface area contributed by atoms with Gasteiger partial charge in [-0.15, -0.1) is 6.58 Å². The zero-order chi connectivity index (χ0) is 22.3. The van der Waals surface area contributed by atoms with Crippen LogP contribution < -0.4 is 16.0 Å². The summed E-state index contributed by atoms with van der Waals surface area (Å²) >= 11 is 0. The summed E-state index contributed by atoms with van der Waals surface area (Å²) < 4.78 is 26.5. The molecule has 0 saturated carbocycles. The lowest BCUT2D eigenvalue weighted by Crippen LogP contribution is -2.33. The van der Waals surface area contributed by atoms with Crippen molar-refractivity contribution in [2.75, 3.05) is 24.2 Å². The van der Waals surface area contributed by atoms with Crippen LogP contribution in [-0.4, -0.2) is 44.3 Å². The van der Waals surface area contributed by atoms with Gasteiger partial charge in [0.15, 0.2) is 0 Å². The van der Waals surface area contributed by atoms with Gasteiger partial charge in [-0.2, -0.15) is 4.31 Å². The van der Waals surface area contributed by atoms with E-state index in [0.717, 1.165) is 0 Å². The van der Waals surface area contributed by atoms with Gasteiger partial charge in [-0.25, -0.2) is 13.2 Å². The van der Waals surface area contributed by atoms with Crippen LogP contribution in [0.1, 0.15) is 24.2 Å². The monoisotopic (exact) mass is 430 g/mol. The van der Waals surface area contributed by atoms with Gasteiger partial charge < -0.3 is 16.0 Å². The number of amides is 3.